The highest BCUT2D eigenvalue weighted by atomic mass is 16.5. The van der Waals surface area contributed by atoms with Gasteiger partial charge in [0, 0.05) is 18.7 Å². The minimum absolute atomic E-state index is 0.000136. The highest BCUT2D eigenvalue weighted by Gasteiger charge is 2.34. The summed E-state index contributed by atoms with van der Waals surface area (Å²) in [7, 11) is 0. The molecule has 112 valence electrons. The van der Waals surface area contributed by atoms with Crippen molar-refractivity contribution in [3.05, 3.63) is 35.4 Å². The minimum Gasteiger partial charge on any atom is -0.369 e. The number of rotatable bonds is 1. The van der Waals surface area contributed by atoms with E-state index in [1.807, 2.05) is 49.9 Å². The summed E-state index contributed by atoms with van der Waals surface area (Å²) in [4.78, 5) is 14.6. The Kier molecular flexibility index (Phi) is 4.66. The van der Waals surface area contributed by atoms with Gasteiger partial charge in [0.2, 0.25) is 0 Å². The molecule has 1 heterocycles. The van der Waals surface area contributed by atoms with Crippen LogP contribution in [0.25, 0.3) is 0 Å². The molecule has 1 aliphatic rings. The number of ether oxygens (including phenoxy) is 1. The van der Waals surface area contributed by atoms with Gasteiger partial charge in [-0.2, -0.15) is 0 Å². The van der Waals surface area contributed by atoms with Gasteiger partial charge < -0.3 is 15.4 Å². The number of carbonyl (C=O) groups excluding carboxylic acids is 1. The van der Waals surface area contributed by atoms with Crippen LogP contribution in [-0.4, -0.2) is 42.1 Å². The van der Waals surface area contributed by atoms with Crippen LogP contribution in [0, 0.1) is 11.8 Å². The number of amides is 1. The summed E-state index contributed by atoms with van der Waals surface area (Å²) < 4.78 is 5.85. The summed E-state index contributed by atoms with van der Waals surface area (Å²) >= 11 is 0. The van der Waals surface area contributed by atoms with Gasteiger partial charge in [0.15, 0.2) is 0 Å². The number of carbonyl (C=O) groups is 1. The van der Waals surface area contributed by atoms with Crippen molar-refractivity contribution in [3.8, 4) is 11.8 Å². The number of hydrogen-bond donors (Lipinski definition) is 1. The summed E-state index contributed by atoms with van der Waals surface area (Å²) in [6.45, 7) is 7.45. The Hall–Kier alpha value is -1.83. The lowest BCUT2D eigenvalue weighted by molar-refractivity contribution is -0.118. The van der Waals surface area contributed by atoms with E-state index >= 15 is 0 Å². The molecule has 1 amide bonds. The van der Waals surface area contributed by atoms with E-state index in [9.17, 15) is 4.79 Å². The van der Waals surface area contributed by atoms with Crippen LogP contribution in [0.2, 0.25) is 0 Å². The van der Waals surface area contributed by atoms with Gasteiger partial charge in [-0.05, 0) is 32.9 Å². The highest BCUT2D eigenvalue weighted by Crippen LogP contribution is 2.23. The molecule has 21 heavy (non-hydrogen) atoms. The van der Waals surface area contributed by atoms with Gasteiger partial charge >= 0.3 is 0 Å². The van der Waals surface area contributed by atoms with Crippen LogP contribution in [0.1, 0.15) is 36.7 Å². The van der Waals surface area contributed by atoms with E-state index in [4.69, 9.17) is 10.5 Å². The third-order valence-corrected chi connectivity index (χ3v) is 3.34. The second-order valence-electron chi connectivity index (χ2n) is 5.93. The van der Waals surface area contributed by atoms with Crippen LogP contribution >= 0.6 is 0 Å². The molecule has 1 saturated heterocycles. The molecule has 4 heteroatoms. The van der Waals surface area contributed by atoms with Crippen LogP contribution < -0.4 is 5.73 Å². The monoisotopic (exact) mass is 286 g/mol. The molecule has 1 aromatic carbocycles. The predicted molar refractivity (Wildman–Crippen MR) is 82.9 cm³/mol. The molecule has 1 fully saturated rings. The van der Waals surface area contributed by atoms with Crippen molar-refractivity contribution in [2.45, 2.75) is 32.5 Å². The van der Waals surface area contributed by atoms with Gasteiger partial charge in [-0.3, -0.25) is 4.79 Å². The normalized spacial score (nSPS) is 20.6. The van der Waals surface area contributed by atoms with Gasteiger partial charge in [0.25, 0.3) is 5.91 Å². The van der Waals surface area contributed by atoms with E-state index in [-0.39, 0.29) is 24.2 Å². The molecule has 1 aliphatic heterocycles. The first kappa shape index (κ1) is 15.6. The quantitative estimate of drug-likeness (QED) is 0.798. The van der Waals surface area contributed by atoms with Crippen molar-refractivity contribution in [3.63, 3.8) is 0 Å². The molecular weight excluding hydrogens is 264 g/mol. The fourth-order valence-corrected chi connectivity index (χ4v) is 2.70. The first-order valence-corrected chi connectivity index (χ1v) is 7.18. The molecule has 1 atom stereocenters. The molecule has 0 aromatic heterocycles. The van der Waals surface area contributed by atoms with E-state index in [0.29, 0.717) is 18.7 Å². The largest absolute Gasteiger partial charge is 0.369 e. The fourth-order valence-electron chi connectivity index (χ4n) is 2.70. The molecular formula is C17H22N2O2. The molecule has 0 aliphatic carbocycles. The van der Waals surface area contributed by atoms with Crippen LogP contribution in [0.4, 0.5) is 0 Å². The highest BCUT2D eigenvalue weighted by molar-refractivity contribution is 5.96. The van der Waals surface area contributed by atoms with Gasteiger partial charge in [0.1, 0.15) is 0 Å². The Morgan fingerprint density at radius 1 is 1.48 bits per heavy atom. The molecule has 0 saturated carbocycles. The maximum Gasteiger partial charge on any atom is 0.255 e. The summed E-state index contributed by atoms with van der Waals surface area (Å²) in [6.07, 6.45) is 0.0278. The number of nitrogens with two attached hydrogens (primary N) is 1. The number of benzene rings is 1. The Bertz CT molecular complexity index is 584. The molecule has 0 bridgehead atoms. The van der Waals surface area contributed by atoms with E-state index in [0.717, 1.165) is 5.56 Å². The molecule has 0 radical (unpaired) electrons. The number of morpholine rings is 1. The summed E-state index contributed by atoms with van der Waals surface area (Å²) in [5.41, 5.74) is 6.44. The molecule has 2 rings (SSSR count). The Morgan fingerprint density at radius 2 is 2.19 bits per heavy atom. The zero-order valence-electron chi connectivity index (χ0n) is 12.8. The van der Waals surface area contributed by atoms with Crippen LogP contribution in [0.15, 0.2) is 24.3 Å². The second kappa shape index (κ2) is 6.30. The van der Waals surface area contributed by atoms with Crippen molar-refractivity contribution in [1.82, 2.24) is 4.90 Å². The van der Waals surface area contributed by atoms with Gasteiger partial charge in [-0.25, -0.2) is 0 Å². The van der Waals surface area contributed by atoms with Crippen molar-refractivity contribution in [2.24, 2.45) is 5.73 Å². The lowest BCUT2D eigenvalue weighted by atomic mass is 10.0. The average molecular weight is 286 g/mol. The maximum absolute atomic E-state index is 12.8. The first-order valence-electron chi connectivity index (χ1n) is 7.18. The van der Waals surface area contributed by atoms with E-state index < -0.39 is 0 Å². The van der Waals surface area contributed by atoms with E-state index in [1.165, 1.54) is 0 Å². The maximum atomic E-state index is 12.8. The van der Waals surface area contributed by atoms with Crippen molar-refractivity contribution < 1.29 is 9.53 Å². The fraction of sp³-hybridized carbons (Fsp3) is 0.471. The third kappa shape index (κ3) is 3.84. The smallest absolute Gasteiger partial charge is 0.255 e. The average Bonchev–Trinajstić information content (AvgIpc) is 2.42. The molecule has 0 spiro atoms. The molecule has 1 unspecified atom stereocenters. The van der Waals surface area contributed by atoms with Crippen molar-refractivity contribution in [2.75, 3.05) is 19.6 Å². The lowest BCUT2D eigenvalue weighted by Gasteiger charge is -2.41. The summed E-state index contributed by atoms with van der Waals surface area (Å²) in [5, 5.41) is 0. The molecule has 4 nitrogen and oxygen atoms in total. The van der Waals surface area contributed by atoms with Crippen LogP contribution in [-0.2, 0) is 4.74 Å². The summed E-state index contributed by atoms with van der Waals surface area (Å²) in [5.74, 6) is 5.78. The standard InChI is InChI=1S/C17H22N2O2/c1-13-11-19(12-17(2,3)21-13)16(20)15-9-5-4-7-14(15)8-6-10-18/h4-5,7,9,13H,10-12,18H2,1-3H3. The second-order valence-corrected chi connectivity index (χ2v) is 5.93. The Labute approximate surface area is 126 Å². The van der Waals surface area contributed by atoms with Crippen molar-refractivity contribution >= 4 is 5.91 Å². The topological polar surface area (TPSA) is 55.6 Å². The number of nitrogens with zero attached hydrogens (tertiary/aromatic N) is 1. The molecule has 1 aromatic rings. The minimum atomic E-state index is -0.328. The first-order chi connectivity index (χ1) is 9.93. The van der Waals surface area contributed by atoms with E-state index in [2.05, 4.69) is 11.8 Å². The van der Waals surface area contributed by atoms with Gasteiger partial charge in [-0.1, -0.05) is 24.0 Å². The predicted octanol–water partition coefficient (Wildman–Crippen LogP) is 1.64. The van der Waals surface area contributed by atoms with Crippen LogP contribution in [0.3, 0.4) is 0 Å². The van der Waals surface area contributed by atoms with Gasteiger partial charge in [0.05, 0.1) is 23.8 Å². The van der Waals surface area contributed by atoms with Crippen LogP contribution in [0.5, 0.6) is 0 Å². The third-order valence-electron chi connectivity index (χ3n) is 3.34. The van der Waals surface area contributed by atoms with Crippen molar-refractivity contribution in [1.29, 1.82) is 0 Å². The van der Waals surface area contributed by atoms with E-state index in [1.54, 1.807) is 0 Å². The zero-order valence-corrected chi connectivity index (χ0v) is 12.8. The Morgan fingerprint density at radius 3 is 2.86 bits per heavy atom. The zero-order chi connectivity index (χ0) is 15.5. The lowest BCUT2D eigenvalue weighted by Crippen LogP contribution is -2.53. The number of hydrogen-bond acceptors (Lipinski definition) is 3. The SMILES string of the molecule is CC1CN(C(=O)c2ccccc2C#CCN)CC(C)(C)O1. The molecule has 2 N–H and O–H groups in total. The van der Waals surface area contributed by atoms with Gasteiger partial charge in [-0.15, -0.1) is 0 Å². The Balaban J connectivity index is 2.28. The summed E-state index contributed by atoms with van der Waals surface area (Å²) in [6, 6.07) is 7.40.